The van der Waals surface area contributed by atoms with Crippen molar-refractivity contribution in [3.05, 3.63) is 41.4 Å². The van der Waals surface area contributed by atoms with Crippen molar-refractivity contribution >= 4 is 17.2 Å². The number of nitrogens with zero attached hydrogens (tertiary/aromatic N) is 1. The molecule has 5 heteroatoms. The Morgan fingerprint density at radius 3 is 3.20 bits per heavy atom. The maximum absolute atomic E-state index is 11.9. The van der Waals surface area contributed by atoms with E-state index in [-0.39, 0.29) is 11.8 Å². The summed E-state index contributed by atoms with van der Waals surface area (Å²) in [5.41, 5.74) is 2.02. The normalized spacial score (nSPS) is 18.1. The van der Waals surface area contributed by atoms with E-state index in [9.17, 15) is 4.79 Å². The van der Waals surface area contributed by atoms with Crippen LogP contribution >= 0.6 is 11.3 Å². The molecule has 0 aromatic carbocycles. The minimum Gasteiger partial charge on any atom is -0.381 e. The number of pyridine rings is 1. The first-order valence-electron chi connectivity index (χ1n) is 6.67. The molecular formula is C15H16N2O2S. The highest BCUT2D eigenvalue weighted by Gasteiger charge is 2.22. The van der Waals surface area contributed by atoms with Crippen LogP contribution in [-0.2, 0) is 16.1 Å². The van der Waals surface area contributed by atoms with Crippen LogP contribution in [0, 0.1) is 5.92 Å². The average molecular weight is 288 g/mol. The third-order valence-electron chi connectivity index (χ3n) is 3.37. The standard InChI is InChI=1S/C15H16N2O2S/c18-15(12-4-6-19-10-12)17-9-11-3-5-16-13(8-11)14-2-1-7-20-14/h1-3,5,7-8,12H,4,6,9-10H2,(H,17,18)/t12-/m0/s1. The van der Waals surface area contributed by atoms with Gasteiger partial charge in [0.25, 0.3) is 0 Å². The summed E-state index contributed by atoms with van der Waals surface area (Å²) in [6, 6.07) is 8.02. The van der Waals surface area contributed by atoms with Crippen molar-refractivity contribution in [3.63, 3.8) is 0 Å². The Balaban J connectivity index is 1.63. The van der Waals surface area contributed by atoms with Crippen LogP contribution < -0.4 is 5.32 Å². The Morgan fingerprint density at radius 2 is 2.45 bits per heavy atom. The third kappa shape index (κ3) is 3.05. The summed E-state index contributed by atoms with van der Waals surface area (Å²) in [5.74, 6) is 0.0885. The van der Waals surface area contributed by atoms with Crippen molar-refractivity contribution in [2.75, 3.05) is 13.2 Å². The van der Waals surface area contributed by atoms with Crippen LogP contribution in [0.5, 0.6) is 0 Å². The number of amides is 1. The number of hydrogen-bond acceptors (Lipinski definition) is 4. The van der Waals surface area contributed by atoms with Crippen molar-refractivity contribution < 1.29 is 9.53 Å². The molecule has 0 unspecified atom stereocenters. The predicted octanol–water partition coefficient (Wildman–Crippen LogP) is 2.46. The highest BCUT2D eigenvalue weighted by Crippen LogP contribution is 2.23. The quantitative estimate of drug-likeness (QED) is 0.940. The molecule has 1 fully saturated rings. The molecule has 1 aliphatic heterocycles. The molecule has 4 nitrogen and oxygen atoms in total. The van der Waals surface area contributed by atoms with E-state index in [1.807, 2.05) is 29.6 Å². The number of ether oxygens (including phenoxy) is 1. The van der Waals surface area contributed by atoms with Crippen LogP contribution in [0.25, 0.3) is 10.6 Å². The summed E-state index contributed by atoms with van der Waals surface area (Å²) in [5, 5.41) is 5.00. The summed E-state index contributed by atoms with van der Waals surface area (Å²) in [6.45, 7) is 1.77. The highest BCUT2D eigenvalue weighted by atomic mass is 32.1. The fourth-order valence-corrected chi connectivity index (χ4v) is 2.91. The second-order valence-corrected chi connectivity index (χ2v) is 5.75. The Bertz CT molecular complexity index is 577. The molecule has 0 spiro atoms. The summed E-state index contributed by atoms with van der Waals surface area (Å²) in [4.78, 5) is 17.4. The van der Waals surface area contributed by atoms with E-state index in [0.717, 1.165) is 22.6 Å². The number of hydrogen-bond donors (Lipinski definition) is 1. The zero-order chi connectivity index (χ0) is 13.8. The van der Waals surface area contributed by atoms with Crippen LogP contribution in [-0.4, -0.2) is 24.1 Å². The van der Waals surface area contributed by atoms with E-state index in [1.165, 1.54) is 0 Å². The number of thiophene rings is 1. The molecule has 104 valence electrons. The smallest absolute Gasteiger partial charge is 0.225 e. The summed E-state index contributed by atoms with van der Waals surface area (Å²) in [7, 11) is 0. The van der Waals surface area contributed by atoms with Gasteiger partial charge in [-0.25, -0.2) is 0 Å². The topological polar surface area (TPSA) is 51.2 Å². The van der Waals surface area contributed by atoms with E-state index >= 15 is 0 Å². The molecule has 1 N–H and O–H groups in total. The summed E-state index contributed by atoms with van der Waals surface area (Å²) >= 11 is 1.66. The van der Waals surface area contributed by atoms with Gasteiger partial charge in [-0.15, -0.1) is 11.3 Å². The van der Waals surface area contributed by atoms with Gasteiger partial charge in [-0.05, 0) is 35.6 Å². The first-order valence-corrected chi connectivity index (χ1v) is 7.55. The van der Waals surface area contributed by atoms with Crippen LogP contribution in [0.3, 0.4) is 0 Å². The fraction of sp³-hybridized carbons (Fsp3) is 0.333. The molecule has 3 heterocycles. The first-order chi connectivity index (χ1) is 9.83. The fourth-order valence-electron chi connectivity index (χ4n) is 2.22. The van der Waals surface area contributed by atoms with Gasteiger partial charge in [-0.3, -0.25) is 9.78 Å². The molecular weight excluding hydrogens is 272 g/mol. The molecule has 2 aromatic rings. The molecule has 3 rings (SSSR count). The monoisotopic (exact) mass is 288 g/mol. The molecule has 1 atom stereocenters. The Hall–Kier alpha value is -1.72. The maximum atomic E-state index is 11.9. The van der Waals surface area contributed by atoms with Gasteiger partial charge < -0.3 is 10.1 Å². The average Bonchev–Trinajstić information content (AvgIpc) is 3.17. The molecule has 0 bridgehead atoms. The molecule has 0 saturated carbocycles. The number of carbonyl (C=O) groups is 1. The van der Waals surface area contributed by atoms with Crippen molar-refractivity contribution in [3.8, 4) is 10.6 Å². The molecule has 1 saturated heterocycles. The Morgan fingerprint density at radius 1 is 1.50 bits per heavy atom. The van der Waals surface area contributed by atoms with Gasteiger partial charge in [-0.1, -0.05) is 6.07 Å². The van der Waals surface area contributed by atoms with Gasteiger partial charge in [-0.2, -0.15) is 0 Å². The number of nitrogens with one attached hydrogen (secondary N) is 1. The number of aromatic nitrogens is 1. The lowest BCUT2D eigenvalue weighted by atomic mass is 10.1. The molecule has 0 aliphatic carbocycles. The van der Waals surface area contributed by atoms with E-state index in [0.29, 0.717) is 19.8 Å². The van der Waals surface area contributed by atoms with Crippen molar-refractivity contribution in [1.82, 2.24) is 10.3 Å². The van der Waals surface area contributed by atoms with Gasteiger partial charge in [0.05, 0.1) is 23.1 Å². The van der Waals surface area contributed by atoms with E-state index in [4.69, 9.17) is 4.74 Å². The lowest BCUT2D eigenvalue weighted by Gasteiger charge is -2.09. The number of carbonyl (C=O) groups excluding carboxylic acids is 1. The van der Waals surface area contributed by atoms with E-state index in [2.05, 4.69) is 10.3 Å². The molecule has 1 amide bonds. The minimum atomic E-state index is 0.00797. The lowest BCUT2D eigenvalue weighted by molar-refractivity contribution is -0.125. The molecule has 0 radical (unpaired) electrons. The highest BCUT2D eigenvalue weighted by molar-refractivity contribution is 7.13. The molecule has 20 heavy (non-hydrogen) atoms. The SMILES string of the molecule is O=C(NCc1ccnc(-c2cccs2)c1)[C@H]1CCOC1. The maximum Gasteiger partial charge on any atom is 0.225 e. The summed E-state index contributed by atoms with van der Waals surface area (Å²) < 4.78 is 5.23. The Labute approximate surface area is 121 Å². The van der Waals surface area contributed by atoms with Crippen LogP contribution in [0.1, 0.15) is 12.0 Å². The van der Waals surface area contributed by atoms with E-state index in [1.54, 1.807) is 17.5 Å². The van der Waals surface area contributed by atoms with Gasteiger partial charge in [0.1, 0.15) is 0 Å². The van der Waals surface area contributed by atoms with Gasteiger partial charge in [0.15, 0.2) is 0 Å². The van der Waals surface area contributed by atoms with Crippen molar-refractivity contribution in [1.29, 1.82) is 0 Å². The van der Waals surface area contributed by atoms with Crippen LogP contribution in [0.2, 0.25) is 0 Å². The van der Waals surface area contributed by atoms with Crippen molar-refractivity contribution in [2.45, 2.75) is 13.0 Å². The predicted molar refractivity (Wildman–Crippen MR) is 78.3 cm³/mol. The largest absolute Gasteiger partial charge is 0.381 e. The van der Waals surface area contributed by atoms with Gasteiger partial charge >= 0.3 is 0 Å². The first kappa shape index (κ1) is 13.3. The zero-order valence-electron chi connectivity index (χ0n) is 11.0. The van der Waals surface area contributed by atoms with Crippen LogP contribution in [0.4, 0.5) is 0 Å². The second kappa shape index (κ2) is 6.15. The Kier molecular flexibility index (Phi) is 4.08. The molecule has 1 aliphatic rings. The molecule has 2 aromatic heterocycles. The number of rotatable bonds is 4. The van der Waals surface area contributed by atoms with Gasteiger partial charge in [0, 0.05) is 19.3 Å². The zero-order valence-corrected chi connectivity index (χ0v) is 11.9. The third-order valence-corrected chi connectivity index (χ3v) is 4.26. The van der Waals surface area contributed by atoms with Crippen molar-refractivity contribution in [2.24, 2.45) is 5.92 Å². The van der Waals surface area contributed by atoms with Crippen LogP contribution in [0.15, 0.2) is 35.8 Å². The van der Waals surface area contributed by atoms with E-state index < -0.39 is 0 Å². The second-order valence-electron chi connectivity index (χ2n) is 4.80. The lowest BCUT2D eigenvalue weighted by Crippen LogP contribution is -2.30. The van der Waals surface area contributed by atoms with Gasteiger partial charge in [0.2, 0.25) is 5.91 Å². The minimum absolute atomic E-state index is 0.00797. The summed E-state index contributed by atoms with van der Waals surface area (Å²) in [6.07, 6.45) is 2.61.